The molecule has 1 saturated heterocycles. The van der Waals surface area contributed by atoms with Gasteiger partial charge in [-0.15, -0.1) is 0 Å². The van der Waals surface area contributed by atoms with Crippen molar-refractivity contribution in [3.63, 3.8) is 0 Å². The van der Waals surface area contributed by atoms with E-state index in [-0.39, 0.29) is 0 Å². The molecule has 1 aromatic rings. The Morgan fingerprint density at radius 1 is 1.65 bits per heavy atom. The minimum absolute atomic E-state index is 0.469. The van der Waals surface area contributed by atoms with Crippen LogP contribution < -0.4 is 10.2 Å². The molecule has 4 nitrogen and oxygen atoms in total. The van der Waals surface area contributed by atoms with Crippen molar-refractivity contribution in [2.45, 2.75) is 25.8 Å². The maximum Gasteiger partial charge on any atom is 0.146 e. The van der Waals surface area contributed by atoms with Crippen molar-refractivity contribution in [2.75, 3.05) is 24.5 Å². The van der Waals surface area contributed by atoms with Gasteiger partial charge in [0.2, 0.25) is 0 Å². The van der Waals surface area contributed by atoms with Crippen LogP contribution in [-0.2, 0) is 0 Å². The minimum Gasteiger partial charge on any atom is -0.351 e. The highest BCUT2D eigenvalue weighted by atomic mass is 15.2. The van der Waals surface area contributed by atoms with Gasteiger partial charge >= 0.3 is 0 Å². The second kappa shape index (κ2) is 5.65. The van der Waals surface area contributed by atoms with E-state index in [2.05, 4.69) is 28.2 Å². The van der Waals surface area contributed by atoms with Gasteiger partial charge in [-0.25, -0.2) is 4.98 Å². The zero-order chi connectivity index (χ0) is 12.1. The molecule has 1 N–H and O–H groups in total. The number of anilines is 1. The summed E-state index contributed by atoms with van der Waals surface area (Å²) >= 11 is 0. The molecule has 4 heteroatoms. The van der Waals surface area contributed by atoms with Gasteiger partial charge in [0, 0.05) is 25.3 Å². The maximum atomic E-state index is 9.15. The predicted molar refractivity (Wildman–Crippen MR) is 67.9 cm³/mol. The fourth-order valence-electron chi connectivity index (χ4n) is 2.32. The monoisotopic (exact) mass is 230 g/mol. The van der Waals surface area contributed by atoms with Crippen LogP contribution in [0.1, 0.15) is 25.3 Å². The van der Waals surface area contributed by atoms with Crippen LogP contribution in [0.5, 0.6) is 0 Å². The Hall–Kier alpha value is -1.60. The van der Waals surface area contributed by atoms with Crippen LogP contribution in [0.25, 0.3) is 0 Å². The summed E-state index contributed by atoms with van der Waals surface area (Å²) in [6, 6.07) is 6.36. The first-order valence-corrected chi connectivity index (χ1v) is 6.19. The van der Waals surface area contributed by atoms with Crippen LogP contribution in [0.2, 0.25) is 0 Å². The lowest BCUT2D eigenvalue weighted by molar-refractivity contribution is 0.617. The Morgan fingerprint density at radius 2 is 2.53 bits per heavy atom. The molecule has 17 heavy (non-hydrogen) atoms. The Morgan fingerprint density at radius 3 is 3.18 bits per heavy atom. The van der Waals surface area contributed by atoms with E-state index in [0.717, 1.165) is 38.3 Å². The van der Waals surface area contributed by atoms with Crippen LogP contribution in [0.4, 0.5) is 5.82 Å². The van der Waals surface area contributed by atoms with E-state index < -0.39 is 0 Å². The molecule has 0 radical (unpaired) electrons. The largest absolute Gasteiger partial charge is 0.351 e. The van der Waals surface area contributed by atoms with Gasteiger partial charge in [0.15, 0.2) is 0 Å². The lowest BCUT2D eigenvalue weighted by Gasteiger charge is -2.29. The average molecular weight is 230 g/mol. The molecule has 0 spiro atoms. The molecule has 1 unspecified atom stereocenters. The minimum atomic E-state index is 0.469. The molecule has 1 fully saturated rings. The summed E-state index contributed by atoms with van der Waals surface area (Å²) in [5.74, 6) is 0.838. The SMILES string of the molecule is CCCN(c1ncccc1C#N)C1CCNC1. The van der Waals surface area contributed by atoms with Gasteiger partial charge in [0.25, 0.3) is 0 Å². The summed E-state index contributed by atoms with van der Waals surface area (Å²) in [5.41, 5.74) is 0.674. The Kier molecular flexibility index (Phi) is 3.94. The molecule has 90 valence electrons. The lowest BCUT2D eigenvalue weighted by Crippen LogP contribution is -2.38. The molecule has 1 atom stereocenters. The van der Waals surface area contributed by atoms with E-state index in [4.69, 9.17) is 5.26 Å². The third-order valence-corrected chi connectivity index (χ3v) is 3.12. The van der Waals surface area contributed by atoms with Crippen molar-refractivity contribution in [1.29, 1.82) is 5.26 Å². The Balaban J connectivity index is 2.28. The van der Waals surface area contributed by atoms with Gasteiger partial charge in [-0.3, -0.25) is 0 Å². The van der Waals surface area contributed by atoms with Crippen molar-refractivity contribution in [2.24, 2.45) is 0 Å². The molecule has 0 aromatic carbocycles. The highest BCUT2D eigenvalue weighted by Crippen LogP contribution is 2.21. The third-order valence-electron chi connectivity index (χ3n) is 3.12. The van der Waals surface area contributed by atoms with E-state index in [1.807, 2.05) is 12.1 Å². The quantitative estimate of drug-likeness (QED) is 0.852. The smallest absolute Gasteiger partial charge is 0.146 e. The zero-order valence-electron chi connectivity index (χ0n) is 10.2. The van der Waals surface area contributed by atoms with E-state index in [9.17, 15) is 0 Å². The fourth-order valence-corrected chi connectivity index (χ4v) is 2.32. The van der Waals surface area contributed by atoms with Gasteiger partial charge in [-0.2, -0.15) is 5.26 Å². The zero-order valence-corrected chi connectivity index (χ0v) is 10.2. The van der Waals surface area contributed by atoms with Crippen LogP contribution >= 0.6 is 0 Å². The predicted octanol–water partition coefficient (Wildman–Crippen LogP) is 1.53. The first kappa shape index (κ1) is 11.9. The summed E-state index contributed by atoms with van der Waals surface area (Å²) in [6.45, 7) is 5.16. The van der Waals surface area contributed by atoms with Gasteiger partial charge < -0.3 is 10.2 Å². The molecule has 2 rings (SSSR count). The molecule has 0 saturated carbocycles. The summed E-state index contributed by atoms with van der Waals surface area (Å²) in [4.78, 5) is 6.67. The van der Waals surface area contributed by atoms with Crippen molar-refractivity contribution in [3.05, 3.63) is 23.9 Å². The number of hydrogen-bond acceptors (Lipinski definition) is 4. The van der Waals surface area contributed by atoms with Gasteiger partial charge in [-0.1, -0.05) is 6.92 Å². The van der Waals surface area contributed by atoms with E-state index >= 15 is 0 Å². The highest BCUT2D eigenvalue weighted by molar-refractivity contribution is 5.54. The summed E-state index contributed by atoms with van der Waals surface area (Å²) < 4.78 is 0. The Bertz CT molecular complexity index is 404. The second-order valence-electron chi connectivity index (χ2n) is 4.33. The van der Waals surface area contributed by atoms with Gasteiger partial charge in [0.05, 0.1) is 5.56 Å². The van der Waals surface area contributed by atoms with Crippen LogP contribution in [0.15, 0.2) is 18.3 Å². The molecule has 0 amide bonds. The van der Waals surface area contributed by atoms with Crippen molar-refractivity contribution < 1.29 is 0 Å². The van der Waals surface area contributed by atoms with E-state index in [1.165, 1.54) is 0 Å². The third kappa shape index (κ3) is 2.56. The lowest BCUT2D eigenvalue weighted by atomic mass is 10.1. The number of aromatic nitrogens is 1. The highest BCUT2D eigenvalue weighted by Gasteiger charge is 2.24. The molecular formula is C13H18N4. The number of pyridine rings is 1. The van der Waals surface area contributed by atoms with Gasteiger partial charge in [-0.05, 0) is 31.5 Å². The van der Waals surface area contributed by atoms with Crippen LogP contribution in [-0.4, -0.2) is 30.7 Å². The molecule has 2 heterocycles. The van der Waals surface area contributed by atoms with Crippen LogP contribution in [0, 0.1) is 11.3 Å². The second-order valence-corrected chi connectivity index (χ2v) is 4.33. The van der Waals surface area contributed by atoms with Crippen molar-refractivity contribution in [3.8, 4) is 6.07 Å². The standard InChI is InChI=1S/C13H18N4/c1-2-8-17(12-5-7-15-10-12)13-11(9-14)4-3-6-16-13/h3-4,6,12,15H,2,5,7-8,10H2,1H3. The average Bonchev–Trinajstić information content (AvgIpc) is 2.89. The molecule has 1 aromatic heterocycles. The molecular weight excluding hydrogens is 212 g/mol. The molecule has 1 aliphatic rings. The van der Waals surface area contributed by atoms with Crippen molar-refractivity contribution in [1.82, 2.24) is 10.3 Å². The summed E-state index contributed by atoms with van der Waals surface area (Å²) in [6.07, 6.45) is 3.96. The number of nitrogens with one attached hydrogen (secondary N) is 1. The normalized spacial score (nSPS) is 18.9. The number of hydrogen-bond donors (Lipinski definition) is 1. The topological polar surface area (TPSA) is 52.0 Å². The van der Waals surface area contributed by atoms with E-state index in [1.54, 1.807) is 6.20 Å². The number of nitrogens with zero attached hydrogens (tertiary/aromatic N) is 3. The van der Waals surface area contributed by atoms with Crippen LogP contribution in [0.3, 0.4) is 0 Å². The number of nitriles is 1. The molecule has 0 bridgehead atoms. The van der Waals surface area contributed by atoms with Gasteiger partial charge in [0.1, 0.15) is 11.9 Å². The summed E-state index contributed by atoms with van der Waals surface area (Å²) in [5, 5.41) is 12.5. The van der Waals surface area contributed by atoms with Crippen molar-refractivity contribution >= 4 is 5.82 Å². The first-order chi connectivity index (χ1) is 8.36. The molecule has 0 aliphatic carbocycles. The number of rotatable bonds is 4. The Labute approximate surface area is 102 Å². The summed E-state index contributed by atoms with van der Waals surface area (Å²) in [7, 11) is 0. The molecule has 1 aliphatic heterocycles. The van der Waals surface area contributed by atoms with E-state index in [0.29, 0.717) is 11.6 Å². The first-order valence-electron chi connectivity index (χ1n) is 6.19. The fraction of sp³-hybridized carbons (Fsp3) is 0.538. The maximum absolute atomic E-state index is 9.15.